The number of pyridine rings is 1. The van der Waals surface area contributed by atoms with E-state index in [0.29, 0.717) is 10.8 Å². The minimum atomic E-state index is -0.164. The van der Waals surface area contributed by atoms with Crippen LogP contribution >= 0.6 is 11.6 Å². The van der Waals surface area contributed by atoms with Gasteiger partial charge in [0.05, 0.1) is 0 Å². The molecule has 1 aliphatic rings. The number of nitrogens with two attached hydrogens (primary N) is 1. The van der Waals surface area contributed by atoms with Crippen molar-refractivity contribution in [3.8, 4) is 0 Å². The second kappa shape index (κ2) is 6.00. The van der Waals surface area contributed by atoms with Crippen molar-refractivity contribution in [2.24, 2.45) is 5.73 Å². The normalized spacial score (nSPS) is 22.2. The lowest BCUT2D eigenvalue weighted by atomic mass is 9.92. The molecule has 1 fully saturated rings. The molecule has 0 saturated heterocycles. The number of benzene rings is 1. The predicted molar refractivity (Wildman–Crippen MR) is 84.5 cm³/mol. The number of carbonyl (C=O) groups is 1. The molecule has 1 aromatic carbocycles. The summed E-state index contributed by atoms with van der Waals surface area (Å²) >= 11 is 6.16. The van der Waals surface area contributed by atoms with Crippen molar-refractivity contribution in [3.05, 3.63) is 41.2 Å². The zero-order valence-corrected chi connectivity index (χ0v) is 12.4. The average molecular weight is 304 g/mol. The molecular weight excluding hydrogens is 286 g/mol. The Hall–Kier alpha value is -1.65. The fourth-order valence-corrected chi connectivity index (χ4v) is 3.06. The Bertz CT molecular complexity index is 666. The van der Waals surface area contributed by atoms with E-state index in [-0.39, 0.29) is 18.0 Å². The number of fused-ring (bicyclic) bond motifs is 1. The van der Waals surface area contributed by atoms with E-state index in [2.05, 4.69) is 10.3 Å². The molecule has 1 saturated carbocycles. The van der Waals surface area contributed by atoms with Crippen LogP contribution in [0.4, 0.5) is 0 Å². The third kappa shape index (κ3) is 3.17. The summed E-state index contributed by atoms with van der Waals surface area (Å²) < 4.78 is 0. The van der Waals surface area contributed by atoms with Crippen LogP contribution in [-0.2, 0) is 0 Å². The summed E-state index contributed by atoms with van der Waals surface area (Å²) in [7, 11) is 0. The lowest BCUT2D eigenvalue weighted by molar-refractivity contribution is 0.0921. The lowest BCUT2D eigenvalue weighted by Gasteiger charge is -2.26. The third-order valence-electron chi connectivity index (χ3n) is 4.03. The number of hydrogen-bond acceptors (Lipinski definition) is 3. The molecule has 1 heterocycles. The highest BCUT2D eigenvalue weighted by Gasteiger charge is 2.21. The molecule has 5 heteroatoms. The first-order valence-corrected chi connectivity index (χ1v) is 7.63. The van der Waals surface area contributed by atoms with Crippen molar-refractivity contribution in [2.75, 3.05) is 0 Å². The third-order valence-corrected chi connectivity index (χ3v) is 4.32. The fourth-order valence-electron chi connectivity index (χ4n) is 2.80. The van der Waals surface area contributed by atoms with Crippen molar-refractivity contribution < 1.29 is 4.79 Å². The molecule has 0 spiro atoms. The maximum absolute atomic E-state index is 12.3. The second-order valence-corrected chi connectivity index (χ2v) is 5.96. The van der Waals surface area contributed by atoms with Crippen LogP contribution in [0.15, 0.2) is 30.3 Å². The van der Waals surface area contributed by atoms with Gasteiger partial charge < -0.3 is 11.1 Å². The molecule has 4 nitrogen and oxygen atoms in total. The molecule has 21 heavy (non-hydrogen) atoms. The van der Waals surface area contributed by atoms with Crippen molar-refractivity contribution in [2.45, 2.75) is 37.8 Å². The van der Waals surface area contributed by atoms with Gasteiger partial charge >= 0.3 is 0 Å². The van der Waals surface area contributed by atoms with Gasteiger partial charge in [-0.25, -0.2) is 4.98 Å². The zero-order chi connectivity index (χ0) is 14.8. The first-order valence-electron chi connectivity index (χ1n) is 7.25. The predicted octanol–water partition coefficient (Wildman–Crippen LogP) is 2.89. The quantitative estimate of drug-likeness (QED) is 0.838. The molecule has 0 unspecified atom stereocenters. The van der Waals surface area contributed by atoms with E-state index in [1.165, 1.54) is 0 Å². The molecule has 1 aliphatic carbocycles. The molecule has 1 aromatic heterocycles. The number of hydrogen-bond donors (Lipinski definition) is 2. The van der Waals surface area contributed by atoms with Crippen LogP contribution in [0.3, 0.4) is 0 Å². The number of carbonyl (C=O) groups excluding carboxylic acids is 1. The number of rotatable bonds is 2. The molecule has 0 atom stereocenters. The zero-order valence-electron chi connectivity index (χ0n) is 11.7. The number of amides is 1. The first-order chi connectivity index (χ1) is 10.1. The maximum atomic E-state index is 12.3. The summed E-state index contributed by atoms with van der Waals surface area (Å²) in [5.41, 5.74) is 6.25. The summed E-state index contributed by atoms with van der Waals surface area (Å²) in [5.74, 6) is -0.164. The number of halogens is 1. The maximum Gasteiger partial charge on any atom is 0.270 e. The minimum absolute atomic E-state index is 0.164. The van der Waals surface area contributed by atoms with Crippen LogP contribution < -0.4 is 11.1 Å². The monoisotopic (exact) mass is 303 g/mol. The molecule has 3 N–H and O–H groups in total. The standard InChI is InChI=1S/C16H18ClN3O/c17-15-13-4-2-1-3-10(13)9-14(20-15)16(21)19-12-7-5-11(18)6-8-12/h1-4,9,11-12H,5-8,18H2,(H,19,21). The van der Waals surface area contributed by atoms with Crippen LogP contribution in [0, 0.1) is 0 Å². The molecular formula is C16H18ClN3O. The van der Waals surface area contributed by atoms with Crippen LogP contribution in [0.2, 0.25) is 5.15 Å². The average Bonchev–Trinajstić information content (AvgIpc) is 2.49. The first kappa shape index (κ1) is 14.3. The van der Waals surface area contributed by atoms with Crippen molar-refractivity contribution in [1.82, 2.24) is 10.3 Å². The second-order valence-electron chi connectivity index (χ2n) is 5.60. The van der Waals surface area contributed by atoms with Gasteiger partial charge in [-0.3, -0.25) is 4.79 Å². The summed E-state index contributed by atoms with van der Waals surface area (Å²) in [6, 6.07) is 9.89. The van der Waals surface area contributed by atoms with E-state index in [9.17, 15) is 4.79 Å². The van der Waals surface area contributed by atoms with Gasteiger partial charge in [-0.05, 0) is 37.1 Å². The summed E-state index contributed by atoms with van der Waals surface area (Å²) in [6.45, 7) is 0. The van der Waals surface area contributed by atoms with E-state index < -0.39 is 0 Å². The van der Waals surface area contributed by atoms with Gasteiger partial charge in [-0.2, -0.15) is 0 Å². The summed E-state index contributed by atoms with van der Waals surface area (Å²) in [6.07, 6.45) is 3.76. The van der Waals surface area contributed by atoms with E-state index in [4.69, 9.17) is 17.3 Å². The molecule has 0 bridgehead atoms. The molecule has 1 amide bonds. The molecule has 0 aliphatic heterocycles. The molecule has 3 rings (SSSR count). The van der Waals surface area contributed by atoms with Crippen LogP contribution in [0.25, 0.3) is 10.8 Å². The van der Waals surface area contributed by atoms with Crippen molar-refractivity contribution in [1.29, 1.82) is 0 Å². The Morgan fingerprint density at radius 2 is 1.95 bits per heavy atom. The number of nitrogens with one attached hydrogen (secondary N) is 1. The number of aromatic nitrogens is 1. The van der Waals surface area contributed by atoms with E-state index in [1.54, 1.807) is 6.07 Å². The molecule has 2 aromatic rings. The fraction of sp³-hybridized carbons (Fsp3) is 0.375. The van der Waals surface area contributed by atoms with Gasteiger partial charge in [0.2, 0.25) is 0 Å². The Kier molecular flexibility index (Phi) is 4.08. The van der Waals surface area contributed by atoms with Gasteiger partial charge in [0, 0.05) is 17.5 Å². The van der Waals surface area contributed by atoms with E-state index in [1.807, 2.05) is 24.3 Å². The summed E-state index contributed by atoms with van der Waals surface area (Å²) in [4.78, 5) is 16.5. The van der Waals surface area contributed by atoms with E-state index in [0.717, 1.165) is 36.5 Å². The molecule has 0 radical (unpaired) electrons. The van der Waals surface area contributed by atoms with Gasteiger partial charge in [-0.15, -0.1) is 0 Å². The molecule has 110 valence electrons. The highest BCUT2D eigenvalue weighted by molar-refractivity contribution is 6.34. The minimum Gasteiger partial charge on any atom is -0.348 e. The van der Waals surface area contributed by atoms with Crippen molar-refractivity contribution in [3.63, 3.8) is 0 Å². The lowest BCUT2D eigenvalue weighted by Crippen LogP contribution is -2.40. The van der Waals surface area contributed by atoms with Crippen LogP contribution in [0.1, 0.15) is 36.2 Å². The Morgan fingerprint density at radius 1 is 1.24 bits per heavy atom. The van der Waals surface area contributed by atoms with Crippen LogP contribution in [0.5, 0.6) is 0 Å². The topological polar surface area (TPSA) is 68.0 Å². The smallest absolute Gasteiger partial charge is 0.270 e. The van der Waals surface area contributed by atoms with Crippen molar-refractivity contribution >= 4 is 28.3 Å². The van der Waals surface area contributed by atoms with Gasteiger partial charge in [0.25, 0.3) is 5.91 Å². The highest BCUT2D eigenvalue weighted by Crippen LogP contribution is 2.23. The highest BCUT2D eigenvalue weighted by atomic mass is 35.5. The van der Waals surface area contributed by atoms with Gasteiger partial charge in [0.15, 0.2) is 0 Å². The van der Waals surface area contributed by atoms with Gasteiger partial charge in [0.1, 0.15) is 10.8 Å². The van der Waals surface area contributed by atoms with E-state index >= 15 is 0 Å². The Balaban J connectivity index is 1.78. The SMILES string of the molecule is NC1CCC(NC(=O)c2cc3ccccc3c(Cl)n2)CC1. The van der Waals surface area contributed by atoms with Crippen LogP contribution in [-0.4, -0.2) is 23.0 Å². The Labute approximate surface area is 128 Å². The number of nitrogens with zero attached hydrogens (tertiary/aromatic N) is 1. The summed E-state index contributed by atoms with van der Waals surface area (Å²) in [5, 5.41) is 5.18. The Morgan fingerprint density at radius 3 is 2.71 bits per heavy atom. The van der Waals surface area contributed by atoms with Gasteiger partial charge in [-0.1, -0.05) is 35.9 Å². The largest absolute Gasteiger partial charge is 0.348 e.